The first kappa shape index (κ1) is 17.3. The van der Waals surface area contributed by atoms with Gasteiger partial charge in [0.1, 0.15) is 6.26 Å². The molecule has 1 aromatic rings. The predicted octanol–water partition coefficient (Wildman–Crippen LogP) is 3.63. The lowest BCUT2D eigenvalue weighted by molar-refractivity contribution is -0.114. The maximum Gasteiger partial charge on any atom is 0.284 e. The number of amides is 2. The van der Waals surface area contributed by atoms with Crippen molar-refractivity contribution >= 4 is 17.5 Å². The number of nitrogens with one attached hydrogen (secondary N) is 1. The molecule has 1 aromatic heterocycles. The van der Waals surface area contributed by atoms with E-state index >= 15 is 0 Å². The number of anilines is 1. The molecule has 0 spiro atoms. The van der Waals surface area contributed by atoms with Crippen molar-refractivity contribution in [1.29, 1.82) is 0 Å². The highest BCUT2D eigenvalue weighted by Gasteiger charge is 2.18. The molecular weight excluding hydrogens is 268 g/mol. The number of unbranched alkanes of at least 4 members (excludes halogenated alkanes) is 6. The molecule has 0 aliphatic rings. The summed E-state index contributed by atoms with van der Waals surface area (Å²) in [4.78, 5) is 22.5. The highest BCUT2D eigenvalue weighted by Crippen LogP contribution is 2.25. The second kappa shape index (κ2) is 9.21. The lowest BCUT2D eigenvalue weighted by Crippen LogP contribution is -2.13. The molecule has 0 atom stereocenters. The summed E-state index contributed by atoms with van der Waals surface area (Å²) in [5.41, 5.74) is 6.57. The van der Waals surface area contributed by atoms with E-state index in [9.17, 15) is 9.59 Å². The Hall–Kier alpha value is -1.78. The Bertz CT molecular complexity index is 466. The summed E-state index contributed by atoms with van der Waals surface area (Å²) in [6.07, 6.45) is 10.4. The summed E-state index contributed by atoms with van der Waals surface area (Å²) in [6, 6.07) is 0. The van der Waals surface area contributed by atoms with Crippen LogP contribution in [0, 0.1) is 0 Å². The molecule has 1 heterocycles. The zero-order valence-electron chi connectivity index (χ0n) is 13.0. The van der Waals surface area contributed by atoms with E-state index in [-0.39, 0.29) is 11.7 Å². The molecule has 2 amide bonds. The lowest BCUT2D eigenvalue weighted by atomic mass is 10.0. The molecule has 0 bridgehead atoms. The molecule has 3 N–H and O–H groups in total. The van der Waals surface area contributed by atoms with E-state index in [2.05, 4.69) is 12.2 Å². The van der Waals surface area contributed by atoms with Crippen LogP contribution >= 0.6 is 0 Å². The third-order valence-corrected chi connectivity index (χ3v) is 3.46. The largest absolute Gasteiger partial charge is 0.457 e. The average molecular weight is 294 g/mol. The first-order valence-corrected chi connectivity index (χ1v) is 7.74. The van der Waals surface area contributed by atoms with Crippen molar-refractivity contribution in [2.24, 2.45) is 5.73 Å². The van der Waals surface area contributed by atoms with E-state index in [0.29, 0.717) is 17.7 Å². The molecule has 0 aliphatic heterocycles. The molecule has 0 saturated carbocycles. The van der Waals surface area contributed by atoms with Crippen molar-refractivity contribution in [3.05, 3.63) is 17.6 Å². The van der Waals surface area contributed by atoms with Crippen LogP contribution in [0.3, 0.4) is 0 Å². The number of carbonyl (C=O) groups excluding carboxylic acids is 2. The van der Waals surface area contributed by atoms with Crippen molar-refractivity contribution in [3.63, 3.8) is 0 Å². The van der Waals surface area contributed by atoms with Gasteiger partial charge in [-0.05, 0) is 12.8 Å². The highest BCUT2D eigenvalue weighted by atomic mass is 16.3. The Labute approximate surface area is 126 Å². The van der Waals surface area contributed by atoms with Gasteiger partial charge in [-0.15, -0.1) is 0 Å². The molecular formula is C16H26N2O3. The van der Waals surface area contributed by atoms with Crippen LogP contribution in [0.4, 0.5) is 5.69 Å². The summed E-state index contributed by atoms with van der Waals surface area (Å²) in [5.74, 6) is -0.623. The van der Waals surface area contributed by atoms with Gasteiger partial charge in [0.05, 0.1) is 5.69 Å². The van der Waals surface area contributed by atoms with Crippen LogP contribution in [-0.2, 0) is 11.2 Å². The maximum absolute atomic E-state index is 11.3. The van der Waals surface area contributed by atoms with Crippen LogP contribution < -0.4 is 11.1 Å². The van der Waals surface area contributed by atoms with Crippen molar-refractivity contribution in [2.75, 3.05) is 5.32 Å². The molecule has 0 fully saturated rings. The standard InChI is InChI=1S/C16H26N2O3/c1-3-4-5-6-7-8-9-10-13-14(18-12(2)19)11-21-15(13)16(17)20/h11H,3-10H2,1-2H3,(H2,17,20)(H,18,19). The first-order chi connectivity index (χ1) is 10.1. The van der Waals surface area contributed by atoms with Crippen molar-refractivity contribution in [1.82, 2.24) is 0 Å². The number of rotatable bonds is 10. The fourth-order valence-electron chi connectivity index (χ4n) is 2.39. The van der Waals surface area contributed by atoms with E-state index in [4.69, 9.17) is 10.2 Å². The van der Waals surface area contributed by atoms with E-state index in [0.717, 1.165) is 12.8 Å². The Morgan fingerprint density at radius 1 is 1.14 bits per heavy atom. The molecule has 1 rings (SSSR count). The summed E-state index contributed by atoms with van der Waals surface area (Å²) < 4.78 is 5.18. The van der Waals surface area contributed by atoms with Gasteiger partial charge < -0.3 is 15.5 Å². The maximum atomic E-state index is 11.3. The van der Waals surface area contributed by atoms with Gasteiger partial charge in [0.2, 0.25) is 5.91 Å². The van der Waals surface area contributed by atoms with Gasteiger partial charge in [-0.2, -0.15) is 0 Å². The summed E-state index contributed by atoms with van der Waals surface area (Å²) >= 11 is 0. The lowest BCUT2D eigenvalue weighted by Gasteiger charge is -2.05. The van der Waals surface area contributed by atoms with Gasteiger partial charge in [0.15, 0.2) is 5.76 Å². The van der Waals surface area contributed by atoms with Gasteiger partial charge in [-0.3, -0.25) is 9.59 Å². The first-order valence-electron chi connectivity index (χ1n) is 7.74. The van der Waals surface area contributed by atoms with Crippen LogP contribution in [0.15, 0.2) is 10.7 Å². The SMILES string of the molecule is CCCCCCCCCc1c(NC(C)=O)coc1C(N)=O. The molecule has 5 nitrogen and oxygen atoms in total. The van der Waals surface area contributed by atoms with Gasteiger partial charge in [0, 0.05) is 12.5 Å². The number of hydrogen-bond acceptors (Lipinski definition) is 3. The van der Waals surface area contributed by atoms with Gasteiger partial charge in [-0.25, -0.2) is 0 Å². The monoisotopic (exact) mass is 294 g/mol. The number of carbonyl (C=O) groups is 2. The zero-order valence-corrected chi connectivity index (χ0v) is 13.0. The molecule has 0 unspecified atom stereocenters. The third-order valence-electron chi connectivity index (χ3n) is 3.46. The quantitative estimate of drug-likeness (QED) is 0.646. The van der Waals surface area contributed by atoms with E-state index in [1.807, 2.05) is 0 Å². The predicted molar refractivity (Wildman–Crippen MR) is 83.2 cm³/mol. The molecule has 0 aliphatic carbocycles. The Morgan fingerprint density at radius 2 is 1.76 bits per heavy atom. The minimum absolute atomic E-state index is 0.157. The molecule has 5 heteroatoms. The minimum atomic E-state index is -0.593. The summed E-state index contributed by atoms with van der Waals surface area (Å²) in [5, 5.41) is 2.68. The molecule has 0 saturated heterocycles. The summed E-state index contributed by atoms with van der Waals surface area (Å²) in [6.45, 7) is 3.63. The second-order valence-electron chi connectivity index (χ2n) is 5.37. The van der Waals surface area contributed by atoms with E-state index in [1.54, 1.807) is 0 Å². The van der Waals surface area contributed by atoms with Crippen molar-refractivity contribution in [2.45, 2.75) is 65.2 Å². The number of primary amides is 1. The molecule has 118 valence electrons. The third kappa shape index (κ3) is 6.02. The summed E-state index contributed by atoms with van der Waals surface area (Å²) in [7, 11) is 0. The number of furan rings is 1. The fraction of sp³-hybridized carbons (Fsp3) is 0.625. The average Bonchev–Trinajstić information content (AvgIpc) is 2.80. The minimum Gasteiger partial charge on any atom is -0.457 e. The highest BCUT2D eigenvalue weighted by molar-refractivity contribution is 5.96. The molecule has 0 radical (unpaired) electrons. The topological polar surface area (TPSA) is 85.3 Å². The van der Waals surface area contributed by atoms with Gasteiger partial charge in [0.25, 0.3) is 5.91 Å². The van der Waals surface area contributed by atoms with Gasteiger partial charge in [-0.1, -0.05) is 45.4 Å². The fourth-order valence-corrected chi connectivity index (χ4v) is 2.39. The van der Waals surface area contributed by atoms with Crippen LogP contribution in [0.5, 0.6) is 0 Å². The van der Waals surface area contributed by atoms with Crippen molar-refractivity contribution < 1.29 is 14.0 Å². The Balaban J connectivity index is 2.49. The Kier molecular flexibility index (Phi) is 7.58. The van der Waals surface area contributed by atoms with Crippen molar-refractivity contribution in [3.8, 4) is 0 Å². The van der Waals surface area contributed by atoms with Crippen LogP contribution in [0.1, 0.15) is 74.9 Å². The van der Waals surface area contributed by atoms with Crippen LogP contribution in [-0.4, -0.2) is 11.8 Å². The van der Waals surface area contributed by atoms with E-state index < -0.39 is 5.91 Å². The zero-order chi connectivity index (χ0) is 15.7. The van der Waals surface area contributed by atoms with Gasteiger partial charge >= 0.3 is 0 Å². The van der Waals surface area contributed by atoms with Crippen LogP contribution in [0.25, 0.3) is 0 Å². The molecule has 21 heavy (non-hydrogen) atoms. The molecule has 0 aromatic carbocycles. The smallest absolute Gasteiger partial charge is 0.284 e. The normalized spacial score (nSPS) is 10.6. The Morgan fingerprint density at radius 3 is 2.33 bits per heavy atom. The van der Waals surface area contributed by atoms with E-state index in [1.165, 1.54) is 45.3 Å². The number of hydrogen-bond donors (Lipinski definition) is 2. The number of nitrogens with two attached hydrogens (primary N) is 1. The van der Waals surface area contributed by atoms with Crippen LogP contribution in [0.2, 0.25) is 0 Å². The second-order valence-corrected chi connectivity index (χ2v) is 5.37.